The highest BCUT2D eigenvalue weighted by Crippen LogP contribution is 2.36. The first-order valence-corrected chi connectivity index (χ1v) is 9.55. The van der Waals surface area contributed by atoms with E-state index in [1.165, 1.54) is 16.0 Å². The molecular formula is C19H20ClN3OS. The van der Waals surface area contributed by atoms with Crippen LogP contribution in [0.25, 0.3) is 10.2 Å². The van der Waals surface area contributed by atoms with Gasteiger partial charge in [0.1, 0.15) is 11.3 Å². The van der Waals surface area contributed by atoms with Gasteiger partial charge in [0.05, 0.1) is 11.8 Å². The molecule has 25 heavy (non-hydrogen) atoms. The molecule has 3 aromatic rings. The monoisotopic (exact) mass is 373 g/mol. The summed E-state index contributed by atoms with van der Waals surface area (Å²) in [7, 11) is 1.70. The van der Waals surface area contributed by atoms with Crippen molar-refractivity contribution < 1.29 is 4.74 Å². The molecule has 0 atom stereocenters. The first-order valence-electron chi connectivity index (χ1n) is 8.35. The largest absolute Gasteiger partial charge is 0.494 e. The van der Waals surface area contributed by atoms with Crippen LogP contribution in [-0.4, -0.2) is 38.3 Å². The van der Waals surface area contributed by atoms with Gasteiger partial charge in [0.2, 0.25) is 0 Å². The fourth-order valence-corrected chi connectivity index (χ4v) is 4.51. The Bertz CT molecular complexity index is 903. The summed E-state index contributed by atoms with van der Waals surface area (Å²) in [6, 6.07) is 12.2. The lowest BCUT2D eigenvalue weighted by atomic mass is 10.2. The van der Waals surface area contributed by atoms with E-state index < -0.39 is 0 Å². The predicted octanol–water partition coefficient (Wildman–Crippen LogP) is 4.59. The van der Waals surface area contributed by atoms with E-state index in [4.69, 9.17) is 21.3 Å². The number of hydrogen-bond donors (Lipinski definition) is 0. The fraction of sp³-hybridized carbons (Fsp3) is 0.316. The van der Waals surface area contributed by atoms with Crippen molar-refractivity contribution in [3.05, 3.63) is 47.0 Å². The zero-order valence-electron chi connectivity index (χ0n) is 14.3. The maximum atomic E-state index is 6.12. The Labute approximate surface area is 156 Å². The molecule has 130 valence electrons. The SMILES string of the molecule is COc1ccc(C)c2sc(N3CCN(c4cccc(Cl)c4)CC3)nc12. The van der Waals surface area contributed by atoms with E-state index in [0.717, 1.165) is 47.6 Å². The number of thiazole rings is 1. The molecule has 4 rings (SSSR count). The van der Waals surface area contributed by atoms with Crippen molar-refractivity contribution in [3.8, 4) is 5.75 Å². The Morgan fingerprint density at radius 1 is 1.08 bits per heavy atom. The lowest BCUT2D eigenvalue weighted by Crippen LogP contribution is -2.46. The Morgan fingerprint density at radius 2 is 1.84 bits per heavy atom. The number of aromatic nitrogens is 1. The summed E-state index contributed by atoms with van der Waals surface area (Å²) in [4.78, 5) is 9.60. The van der Waals surface area contributed by atoms with Crippen LogP contribution in [0.15, 0.2) is 36.4 Å². The first kappa shape index (κ1) is 16.5. The molecule has 0 saturated carbocycles. The molecule has 0 spiro atoms. The van der Waals surface area contributed by atoms with Gasteiger partial charge in [-0.2, -0.15) is 0 Å². The van der Waals surface area contributed by atoms with Gasteiger partial charge in [-0.05, 0) is 36.8 Å². The second-order valence-corrected chi connectivity index (χ2v) is 7.63. The maximum Gasteiger partial charge on any atom is 0.186 e. The van der Waals surface area contributed by atoms with Gasteiger partial charge in [0, 0.05) is 36.9 Å². The van der Waals surface area contributed by atoms with Crippen molar-refractivity contribution in [1.82, 2.24) is 4.98 Å². The smallest absolute Gasteiger partial charge is 0.186 e. The highest BCUT2D eigenvalue weighted by Gasteiger charge is 2.21. The van der Waals surface area contributed by atoms with Gasteiger partial charge in [-0.25, -0.2) is 4.98 Å². The lowest BCUT2D eigenvalue weighted by molar-refractivity contribution is 0.419. The minimum Gasteiger partial charge on any atom is -0.494 e. The molecule has 1 aromatic heterocycles. The summed E-state index contributed by atoms with van der Waals surface area (Å²) >= 11 is 7.87. The van der Waals surface area contributed by atoms with Crippen LogP contribution in [-0.2, 0) is 0 Å². The summed E-state index contributed by atoms with van der Waals surface area (Å²) in [5.41, 5.74) is 3.41. The number of rotatable bonds is 3. The second kappa shape index (κ2) is 6.73. The number of aryl methyl sites for hydroxylation is 1. The Morgan fingerprint density at radius 3 is 2.56 bits per heavy atom. The molecule has 6 heteroatoms. The number of benzene rings is 2. The lowest BCUT2D eigenvalue weighted by Gasteiger charge is -2.36. The third kappa shape index (κ3) is 3.14. The van der Waals surface area contributed by atoms with Crippen LogP contribution in [0.2, 0.25) is 5.02 Å². The van der Waals surface area contributed by atoms with Crippen molar-refractivity contribution in [2.45, 2.75) is 6.92 Å². The molecule has 0 N–H and O–H groups in total. The molecule has 1 fully saturated rings. The average molecular weight is 374 g/mol. The number of piperazine rings is 1. The number of hydrogen-bond acceptors (Lipinski definition) is 5. The van der Waals surface area contributed by atoms with E-state index >= 15 is 0 Å². The molecule has 0 aliphatic carbocycles. The number of halogens is 1. The minimum absolute atomic E-state index is 0.786. The molecular weight excluding hydrogens is 354 g/mol. The topological polar surface area (TPSA) is 28.6 Å². The molecule has 4 nitrogen and oxygen atoms in total. The van der Waals surface area contributed by atoms with Gasteiger partial charge >= 0.3 is 0 Å². The van der Waals surface area contributed by atoms with Crippen LogP contribution in [0.5, 0.6) is 5.75 Å². The van der Waals surface area contributed by atoms with Crippen LogP contribution in [0.3, 0.4) is 0 Å². The van der Waals surface area contributed by atoms with Crippen LogP contribution >= 0.6 is 22.9 Å². The van der Waals surface area contributed by atoms with Crippen molar-refractivity contribution >= 4 is 44.0 Å². The number of ether oxygens (including phenoxy) is 1. The molecule has 1 aliphatic heterocycles. The quantitative estimate of drug-likeness (QED) is 0.671. The zero-order valence-corrected chi connectivity index (χ0v) is 15.9. The first-order chi connectivity index (χ1) is 12.2. The third-order valence-electron chi connectivity index (χ3n) is 4.64. The van der Waals surface area contributed by atoms with Crippen LogP contribution in [0.4, 0.5) is 10.8 Å². The van der Waals surface area contributed by atoms with Gasteiger partial charge in [0.15, 0.2) is 5.13 Å². The molecule has 0 radical (unpaired) electrons. The average Bonchev–Trinajstić information content (AvgIpc) is 3.09. The zero-order chi connectivity index (χ0) is 17.4. The maximum absolute atomic E-state index is 6.12. The molecule has 1 saturated heterocycles. The Balaban J connectivity index is 1.55. The normalized spacial score (nSPS) is 15.0. The van der Waals surface area contributed by atoms with Gasteiger partial charge in [-0.1, -0.05) is 35.1 Å². The summed E-state index contributed by atoms with van der Waals surface area (Å²) in [5.74, 6) is 0.848. The van der Waals surface area contributed by atoms with Gasteiger partial charge in [-0.3, -0.25) is 0 Å². The number of anilines is 2. The van der Waals surface area contributed by atoms with Crippen molar-refractivity contribution in [2.75, 3.05) is 43.1 Å². The highest BCUT2D eigenvalue weighted by molar-refractivity contribution is 7.22. The summed E-state index contributed by atoms with van der Waals surface area (Å²) in [6.07, 6.45) is 0. The van der Waals surface area contributed by atoms with E-state index in [9.17, 15) is 0 Å². The van der Waals surface area contributed by atoms with E-state index in [2.05, 4.69) is 28.9 Å². The van der Waals surface area contributed by atoms with Crippen molar-refractivity contribution in [2.24, 2.45) is 0 Å². The molecule has 2 heterocycles. The van der Waals surface area contributed by atoms with Gasteiger partial charge in [-0.15, -0.1) is 0 Å². The summed E-state index contributed by atoms with van der Waals surface area (Å²) < 4.78 is 6.69. The molecule has 2 aromatic carbocycles. The number of methoxy groups -OCH3 is 1. The number of fused-ring (bicyclic) bond motifs is 1. The second-order valence-electron chi connectivity index (χ2n) is 6.21. The van der Waals surface area contributed by atoms with Crippen LogP contribution < -0.4 is 14.5 Å². The van der Waals surface area contributed by atoms with Crippen molar-refractivity contribution in [1.29, 1.82) is 0 Å². The third-order valence-corrected chi connectivity index (χ3v) is 6.12. The van der Waals surface area contributed by atoms with E-state index in [-0.39, 0.29) is 0 Å². The Hall–Kier alpha value is -1.98. The van der Waals surface area contributed by atoms with E-state index in [1.807, 2.05) is 24.3 Å². The Kier molecular flexibility index (Phi) is 4.44. The fourth-order valence-electron chi connectivity index (χ4n) is 3.23. The van der Waals surface area contributed by atoms with E-state index in [1.54, 1.807) is 18.4 Å². The van der Waals surface area contributed by atoms with Crippen LogP contribution in [0, 0.1) is 6.92 Å². The van der Waals surface area contributed by atoms with Crippen LogP contribution in [0.1, 0.15) is 5.56 Å². The van der Waals surface area contributed by atoms with Crippen molar-refractivity contribution in [3.63, 3.8) is 0 Å². The molecule has 0 bridgehead atoms. The standard InChI is InChI=1S/C19H20ClN3OS/c1-13-6-7-16(24-2)17-18(13)25-19(21-17)23-10-8-22(9-11-23)15-5-3-4-14(20)12-15/h3-7,12H,8-11H2,1-2H3. The highest BCUT2D eigenvalue weighted by atomic mass is 35.5. The van der Waals surface area contributed by atoms with Gasteiger partial charge < -0.3 is 14.5 Å². The summed E-state index contributed by atoms with van der Waals surface area (Å²) in [5, 5.41) is 1.86. The van der Waals surface area contributed by atoms with Gasteiger partial charge in [0.25, 0.3) is 0 Å². The molecule has 0 unspecified atom stereocenters. The number of nitrogens with zero attached hydrogens (tertiary/aromatic N) is 3. The van der Waals surface area contributed by atoms with E-state index in [0.29, 0.717) is 0 Å². The molecule has 1 aliphatic rings. The summed E-state index contributed by atoms with van der Waals surface area (Å²) in [6.45, 7) is 5.96. The minimum atomic E-state index is 0.786. The molecule has 0 amide bonds. The predicted molar refractivity (Wildman–Crippen MR) is 107 cm³/mol.